The monoisotopic (exact) mass is 230 g/mol. The Hall–Kier alpha value is -1.36. The average molecular weight is 230 g/mol. The molecular formula is C11H18O5. The molecule has 1 unspecified atom stereocenters. The highest BCUT2D eigenvalue weighted by Gasteiger charge is 2.11. The molecule has 0 aromatic rings. The Morgan fingerprint density at radius 2 is 2.12 bits per heavy atom. The van der Waals surface area contributed by atoms with Gasteiger partial charge in [-0.15, -0.1) is 0 Å². The molecule has 1 N–H and O–H groups in total. The van der Waals surface area contributed by atoms with Crippen LogP contribution < -0.4 is 0 Å². The molecule has 1 atom stereocenters. The normalized spacial score (nSPS) is 11.6. The SMILES string of the molecule is C=CCOC(=O)CC(O)CCCOC(C)=O. The van der Waals surface area contributed by atoms with Crippen LogP contribution in [0, 0.1) is 0 Å². The zero-order valence-corrected chi connectivity index (χ0v) is 9.48. The van der Waals surface area contributed by atoms with Gasteiger partial charge in [0.05, 0.1) is 19.1 Å². The molecule has 16 heavy (non-hydrogen) atoms. The largest absolute Gasteiger partial charge is 0.466 e. The first-order valence-electron chi connectivity index (χ1n) is 5.14. The van der Waals surface area contributed by atoms with Crippen molar-refractivity contribution < 1.29 is 24.2 Å². The van der Waals surface area contributed by atoms with Crippen LogP contribution in [-0.2, 0) is 19.1 Å². The number of hydrogen-bond donors (Lipinski definition) is 1. The molecule has 0 aromatic heterocycles. The molecule has 0 spiro atoms. The van der Waals surface area contributed by atoms with Crippen molar-refractivity contribution in [2.75, 3.05) is 13.2 Å². The van der Waals surface area contributed by atoms with E-state index in [0.717, 1.165) is 0 Å². The van der Waals surface area contributed by atoms with Gasteiger partial charge in [0, 0.05) is 6.92 Å². The lowest BCUT2D eigenvalue weighted by atomic mass is 10.1. The van der Waals surface area contributed by atoms with E-state index in [4.69, 9.17) is 4.74 Å². The molecular weight excluding hydrogens is 212 g/mol. The van der Waals surface area contributed by atoms with E-state index in [1.807, 2.05) is 0 Å². The molecule has 92 valence electrons. The number of aliphatic hydroxyl groups excluding tert-OH is 1. The third-order valence-corrected chi connectivity index (χ3v) is 1.75. The van der Waals surface area contributed by atoms with Crippen LogP contribution in [0.5, 0.6) is 0 Å². The molecule has 0 radical (unpaired) electrons. The molecule has 5 nitrogen and oxygen atoms in total. The summed E-state index contributed by atoms with van der Waals surface area (Å²) >= 11 is 0. The number of hydrogen-bond acceptors (Lipinski definition) is 5. The molecule has 0 aliphatic carbocycles. The Bertz CT molecular complexity index is 237. The number of rotatable bonds is 8. The molecule has 0 aliphatic heterocycles. The Morgan fingerprint density at radius 3 is 2.69 bits per heavy atom. The van der Waals surface area contributed by atoms with Gasteiger partial charge in [0.1, 0.15) is 6.61 Å². The molecule has 5 heteroatoms. The third kappa shape index (κ3) is 9.21. The third-order valence-electron chi connectivity index (χ3n) is 1.75. The highest BCUT2D eigenvalue weighted by Crippen LogP contribution is 2.03. The van der Waals surface area contributed by atoms with Gasteiger partial charge in [0.25, 0.3) is 0 Å². The topological polar surface area (TPSA) is 72.8 Å². The number of ether oxygens (including phenoxy) is 2. The molecule has 0 amide bonds. The summed E-state index contributed by atoms with van der Waals surface area (Å²) < 4.78 is 9.39. The quantitative estimate of drug-likeness (QED) is 0.379. The number of carbonyl (C=O) groups is 2. The summed E-state index contributed by atoms with van der Waals surface area (Å²) in [6.45, 7) is 5.13. The van der Waals surface area contributed by atoms with Gasteiger partial charge in [-0.1, -0.05) is 12.7 Å². The predicted molar refractivity (Wildman–Crippen MR) is 57.6 cm³/mol. The summed E-state index contributed by atoms with van der Waals surface area (Å²) in [5.74, 6) is -0.806. The fraction of sp³-hybridized carbons (Fsp3) is 0.636. The van der Waals surface area contributed by atoms with E-state index in [-0.39, 0.29) is 25.6 Å². The first-order valence-corrected chi connectivity index (χ1v) is 5.14. The summed E-state index contributed by atoms with van der Waals surface area (Å²) in [4.78, 5) is 21.5. The Kier molecular flexibility index (Phi) is 8.15. The van der Waals surface area contributed by atoms with Crippen molar-refractivity contribution in [3.05, 3.63) is 12.7 Å². The van der Waals surface area contributed by atoms with Crippen molar-refractivity contribution in [3.8, 4) is 0 Å². The summed E-state index contributed by atoms with van der Waals surface area (Å²) in [5.41, 5.74) is 0. The Balaban J connectivity index is 3.49. The minimum Gasteiger partial charge on any atom is -0.466 e. The highest BCUT2D eigenvalue weighted by molar-refractivity contribution is 5.70. The maximum absolute atomic E-state index is 11.0. The van der Waals surface area contributed by atoms with Crippen LogP contribution in [0.15, 0.2) is 12.7 Å². The van der Waals surface area contributed by atoms with E-state index in [9.17, 15) is 14.7 Å². The second-order valence-corrected chi connectivity index (χ2v) is 3.31. The number of aliphatic hydroxyl groups is 1. The van der Waals surface area contributed by atoms with Crippen molar-refractivity contribution in [3.63, 3.8) is 0 Å². The van der Waals surface area contributed by atoms with E-state index in [0.29, 0.717) is 12.8 Å². The molecule has 0 bridgehead atoms. The van der Waals surface area contributed by atoms with Crippen LogP contribution in [0.25, 0.3) is 0 Å². The van der Waals surface area contributed by atoms with Crippen LogP contribution >= 0.6 is 0 Å². The molecule has 0 rings (SSSR count). The van der Waals surface area contributed by atoms with Crippen LogP contribution in [0.2, 0.25) is 0 Å². The second-order valence-electron chi connectivity index (χ2n) is 3.31. The summed E-state index contributed by atoms with van der Waals surface area (Å²) in [5, 5.41) is 9.42. The molecule has 0 heterocycles. The van der Waals surface area contributed by atoms with E-state index >= 15 is 0 Å². The lowest BCUT2D eigenvalue weighted by Crippen LogP contribution is -2.16. The van der Waals surface area contributed by atoms with Gasteiger partial charge in [-0.3, -0.25) is 9.59 Å². The van der Waals surface area contributed by atoms with Gasteiger partial charge in [-0.2, -0.15) is 0 Å². The number of carbonyl (C=O) groups excluding carboxylic acids is 2. The Labute approximate surface area is 95.0 Å². The van der Waals surface area contributed by atoms with E-state index < -0.39 is 12.1 Å². The van der Waals surface area contributed by atoms with Gasteiger partial charge in [0.2, 0.25) is 0 Å². The molecule has 0 aromatic carbocycles. The summed E-state index contributed by atoms with van der Waals surface area (Å²) in [6.07, 6.45) is 1.58. The molecule has 0 saturated heterocycles. The van der Waals surface area contributed by atoms with Gasteiger partial charge >= 0.3 is 11.9 Å². The van der Waals surface area contributed by atoms with Crippen LogP contribution in [-0.4, -0.2) is 36.4 Å². The van der Waals surface area contributed by atoms with E-state index in [1.54, 1.807) is 0 Å². The summed E-state index contributed by atoms with van der Waals surface area (Å²) in [7, 11) is 0. The zero-order chi connectivity index (χ0) is 12.4. The highest BCUT2D eigenvalue weighted by atomic mass is 16.5. The van der Waals surface area contributed by atoms with Crippen molar-refractivity contribution >= 4 is 11.9 Å². The molecule has 0 fully saturated rings. The lowest BCUT2D eigenvalue weighted by Gasteiger charge is -2.09. The smallest absolute Gasteiger partial charge is 0.308 e. The molecule has 0 aliphatic rings. The van der Waals surface area contributed by atoms with Gasteiger partial charge in [-0.05, 0) is 12.8 Å². The van der Waals surface area contributed by atoms with E-state index in [1.165, 1.54) is 13.0 Å². The van der Waals surface area contributed by atoms with Crippen LogP contribution in [0.1, 0.15) is 26.2 Å². The molecule has 0 saturated carbocycles. The predicted octanol–water partition coefficient (Wildman–Crippen LogP) is 0.810. The Morgan fingerprint density at radius 1 is 1.44 bits per heavy atom. The maximum atomic E-state index is 11.0. The maximum Gasteiger partial charge on any atom is 0.308 e. The second kappa shape index (κ2) is 8.91. The van der Waals surface area contributed by atoms with Crippen molar-refractivity contribution in [1.82, 2.24) is 0 Å². The average Bonchev–Trinajstić information content (AvgIpc) is 2.21. The van der Waals surface area contributed by atoms with Gasteiger partial charge in [-0.25, -0.2) is 0 Å². The fourth-order valence-corrected chi connectivity index (χ4v) is 1.04. The van der Waals surface area contributed by atoms with Crippen LogP contribution in [0.3, 0.4) is 0 Å². The zero-order valence-electron chi connectivity index (χ0n) is 9.48. The minimum absolute atomic E-state index is 0.0477. The van der Waals surface area contributed by atoms with Crippen molar-refractivity contribution in [2.24, 2.45) is 0 Å². The van der Waals surface area contributed by atoms with Crippen molar-refractivity contribution in [1.29, 1.82) is 0 Å². The summed E-state index contributed by atoms with van der Waals surface area (Å²) in [6, 6.07) is 0. The van der Waals surface area contributed by atoms with Crippen molar-refractivity contribution in [2.45, 2.75) is 32.3 Å². The fourth-order valence-electron chi connectivity index (χ4n) is 1.04. The first-order chi connectivity index (χ1) is 7.56. The van der Waals surface area contributed by atoms with Gasteiger partial charge < -0.3 is 14.6 Å². The van der Waals surface area contributed by atoms with Gasteiger partial charge in [0.15, 0.2) is 0 Å². The lowest BCUT2D eigenvalue weighted by molar-refractivity contribution is -0.145. The first kappa shape index (κ1) is 14.6. The minimum atomic E-state index is -0.757. The van der Waals surface area contributed by atoms with E-state index in [2.05, 4.69) is 11.3 Å². The number of esters is 2. The van der Waals surface area contributed by atoms with Crippen LogP contribution in [0.4, 0.5) is 0 Å². The standard InChI is InChI=1S/C11H18O5/c1-3-6-16-11(14)8-10(13)5-4-7-15-9(2)12/h3,10,13H,1,4-8H2,2H3.